The van der Waals surface area contributed by atoms with Crippen molar-refractivity contribution in [3.63, 3.8) is 0 Å². The number of carbonyl (C=O) groups is 2. The zero-order chi connectivity index (χ0) is 28.2. The maximum Gasteiger partial charge on any atom is 0.256 e. The van der Waals surface area contributed by atoms with Crippen molar-refractivity contribution in [1.82, 2.24) is 20.0 Å². The van der Waals surface area contributed by atoms with Crippen molar-refractivity contribution < 1.29 is 23.5 Å². The van der Waals surface area contributed by atoms with Gasteiger partial charge in [-0.15, -0.1) is 0 Å². The number of Topliss-reactive ketones (excluding diaryl/α,β-unsaturated/α-hetero) is 1. The molecular formula is C30H47FN6O4. The molecule has 0 radical (unpaired) electrons. The lowest BCUT2D eigenvalue weighted by atomic mass is 9.64. The van der Waals surface area contributed by atoms with Crippen molar-refractivity contribution in [2.45, 2.75) is 93.5 Å². The topological polar surface area (TPSA) is 126 Å². The lowest BCUT2D eigenvalue weighted by Crippen LogP contribution is -2.77. The molecule has 7 rings (SSSR count). The quantitative estimate of drug-likeness (QED) is 0.389. The molecule has 11 heteroatoms. The Kier molecular flexibility index (Phi) is 7.87. The van der Waals surface area contributed by atoms with E-state index in [1.807, 2.05) is 6.20 Å². The van der Waals surface area contributed by atoms with Crippen molar-refractivity contribution in [3.05, 3.63) is 11.8 Å². The van der Waals surface area contributed by atoms with Crippen LogP contribution < -0.4 is 16.8 Å². The van der Waals surface area contributed by atoms with Crippen LogP contribution in [0.1, 0.15) is 44.9 Å². The Hall–Kier alpha value is -1.63. The van der Waals surface area contributed by atoms with Crippen molar-refractivity contribution in [2.24, 2.45) is 29.2 Å². The molecule has 0 bridgehead atoms. The second-order valence-electron chi connectivity index (χ2n) is 13.6. The van der Waals surface area contributed by atoms with E-state index < -0.39 is 30.3 Å². The van der Waals surface area contributed by atoms with Crippen LogP contribution in [0.2, 0.25) is 0 Å². The lowest BCUT2D eigenvalue weighted by Gasteiger charge is -2.62. The van der Waals surface area contributed by atoms with E-state index in [2.05, 4.69) is 20.0 Å². The maximum absolute atomic E-state index is 16.4. The number of ketones is 1. The first-order chi connectivity index (χ1) is 19.9. The van der Waals surface area contributed by atoms with Crippen molar-refractivity contribution in [2.75, 3.05) is 52.5 Å². The van der Waals surface area contributed by atoms with E-state index in [4.69, 9.17) is 20.9 Å². The second kappa shape index (κ2) is 11.5. The molecule has 0 aromatic rings. The summed E-state index contributed by atoms with van der Waals surface area (Å²) in [4.78, 5) is 34.1. The predicted octanol–water partition coefficient (Wildman–Crippen LogP) is 0.00500. The highest BCUT2D eigenvalue weighted by Crippen LogP contribution is 2.50. The molecule has 4 aliphatic heterocycles. The predicted molar refractivity (Wildman–Crippen MR) is 150 cm³/mol. The Balaban J connectivity index is 1.19. The van der Waals surface area contributed by atoms with E-state index in [-0.39, 0.29) is 41.5 Å². The van der Waals surface area contributed by atoms with Crippen LogP contribution in [0.3, 0.4) is 0 Å². The highest BCUT2D eigenvalue weighted by Gasteiger charge is 2.63. The molecule has 6 fully saturated rings. The van der Waals surface area contributed by atoms with E-state index in [0.29, 0.717) is 51.2 Å². The van der Waals surface area contributed by atoms with Crippen LogP contribution in [-0.4, -0.2) is 127 Å². The van der Waals surface area contributed by atoms with E-state index in [1.165, 1.54) is 25.7 Å². The van der Waals surface area contributed by atoms with E-state index in [0.717, 1.165) is 32.4 Å². The number of alkyl halides is 1. The zero-order valence-electron chi connectivity index (χ0n) is 24.0. The first-order valence-electron chi connectivity index (χ1n) is 16.1. The monoisotopic (exact) mass is 574 g/mol. The van der Waals surface area contributed by atoms with Gasteiger partial charge in [-0.05, 0) is 31.1 Å². The van der Waals surface area contributed by atoms with Crippen LogP contribution in [-0.2, 0) is 19.1 Å². The van der Waals surface area contributed by atoms with Crippen LogP contribution in [0, 0.1) is 17.8 Å². The van der Waals surface area contributed by atoms with Gasteiger partial charge >= 0.3 is 0 Å². The molecule has 3 saturated heterocycles. The third-order valence-electron chi connectivity index (χ3n) is 11.4. The van der Waals surface area contributed by atoms with Gasteiger partial charge in [0, 0.05) is 57.6 Å². The van der Waals surface area contributed by atoms with Gasteiger partial charge < -0.3 is 31.2 Å². The standard InChI is InChI=1S/C30H47FN6O4/c31-24-25(33)23-26-29(27(24)36-7-5-19(32)15-36)41-22-14-18-4-2-1-3-17(18)13-21(22)37(26)16-20(28(23)38)30(39)34-6-8-35-9-11-40-12-10-35/h16-19,21-27,29H,1-15,32-33H2,(H,34,39). The average Bonchev–Trinajstić information content (AvgIpc) is 3.41. The number of amides is 1. The Bertz CT molecular complexity index is 1040. The fourth-order valence-electron chi connectivity index (χ4n) is 9.28. The van der Waals surface area contributed by atoms with Crippen molar-refractivity contribution in [3.8, 4) is 0 Å². The molecule has 0 aromatic heterocycles. The number of halogens is 1. The van der Waals surface area contributed by atoms with Crippen LogP contribution in [0.4, 0.5) is 4.39 Å². The average molecular weight is 575 g/mol. The Morgan fingerprint density at radius 1 is 1.05 bits per heavy atom. The molecule has 0 aromatic carbocycles. The van der Waals surface area contributed by atoms with Crippen molar-refractivity contribution in [1.29, 1.82) is 0 Å². The van der Waals surface area contributed by atoms with Gasteiger partial charge in [-0.25, -0.2) is 4.39 Å². The second-order valence-corrected chi connectivity index (χ2v) is 13.6. The van der Waals surface area contributed by atoms with Gasteiger partial charge in [0.1, 0.15) is 6.17 Å². The summed E-state index contributed by atoms with van der Waals surface area (Å²) < 4.78 is 28.7. The molecule has 1 amide bonds. The summed E-state index contributed by atoms with van der Waals surface area (Å²) in [5.74, 6) is -0.305. The van der Waals surface area contributed by atoms with Gasteiger partial charge in [-0.2, -0.15) is 0 Å². The smallest absolute Gasteiger partial charge is 0.256 e. The molecule has 10 nitrogen and oxygen atoms in total. The largest absolute Gasteiger partial charge is 0.379 e. The number of nitrogens with one attached hydrogen (secondary N) is 1. The molecule has 3 aliphatic carbocycles. The molecule has 11 unspecified atom stereocenters. The molecule has 5 N–H and O–H groups in total. The first-order valence-corrected chi connectivity index (χ1v) is 16.1. The van der Waals surface area contributed by atoms with Crippen LogP contribution >= 0.6 is 0 Å². The van der Waals surface area contributed by atoms with Crippen LogP contribution in [0.15, 0.2) is 11.8 Å². The number of fused-ring (bicyclic) bond motifs is 3. The lowest BCUT2D eigenvalue weighted by molar-refractivity contribution is -0.222. The number of rotatable bonds is 5. The van der Waals surface area contributed by atoms with Gasteiger partial charge in [0.2, 0.25) is 0 Å². The number of carbonyl (C=O) groups excluding carboxylic acids is 2. The fraction of sp³-hybridized carbons (Fsp3) is 0.867. The van der Waals surface area contributed by atoms with Gasteiger partial charge in [-0.3, -0.25) is 19.4 Å². The van der Waals surface area contributed by atoms with Gasteiger partial charge in [-0.1, -0.05) is 25.7 Å². The van der Waals surface area contributed by atoms with Gasteiger partial charge in [0.25, 0.3) is 5.91 Å². The Morgan fingerprint density at radius 3 is 2.54 bits per heavy atom. The molecule has 228 valence electrons. The van der Waals surface area contributed by atoms with E-state index in [1.54, 1.807) is 0 Å². The molecule has 41 heavy (non-hydrogen) atoms. The molecule has 4 heterocycles. The summed E-state index contributed by atoms with van der Waals surface area (Å²) >= 11 is 0. The summed E-state index contributed by atoms with van der Waals surface area (Å²) in [6, 6.07) is -1.87. The fourth-order valence-corrected chi connectivity index (χ4v) is 9.28. The Morgan fingerprint density at radius 2 is 1.80 bits per heavy atom. The number of hydrogen-bond acceptors (Lipinski definition) is 9. The number of likely N-dealkylation sites (tertiary alicyclic amines) is 1. The highest BCUT2D eigenvalue weighted by molar-refractivity contribution is 6.20. The van der Waals surface area contributed by atoms with Crippen LogP contribution in [0.25, 0.3) is 0 Å². The SMILES string of the molecule is NC1CCN(C2C(F)C(N)C3C(=O)C(C(=O)NCCN4CCOCC4)=CN4C5CC6CCCCC6CC5OC2C34)C1. The minimum absolute atomic E-state index is 0.00177. The summed E-state index contributed by atoms with van der Waals surface area (Å²) in [6.07, 6.45) is 7.53. The summed E-state index contributed by atoms with van der Waals surface area (Å²) in [5, 5.41) is 2.98. The molecular weight excluding hydrogens is 527 g/mol. The summed E-state index contributed by atoms with van der Waals surface area (Å²) in [6.45, 7) is 5.49. The number of hydrogen-bond donors (Lipinski definition) is 3. The third-order valence-corrected chi connectivity index (χ3v) is 11.4. The highest BCUT2D eigenvalue weighted by atomic mass is 19.1. The molecule has 11 atom stereocenters. The third kappa shape index (κ3) is 5.04. The minimum atomic E-state index is -1.44. The van der Waals surface area contributed by atoms with Crippen molar-refractivity contribution >= 4 is 11.7 Å². The number of nitrogens with zero attached hydrogens (tertiary/aromatic N) is 3. The normalized spacial score (nSPS) is 45.0. The van der Waals surface area contributed by atoms with E-state index >= 15 is 4.39 Å². The first kappa shape index (κ1) is 28.2. The number of nitrogens with two attached hydrogens (primary N) is 2. The maximum atomic E-state index is 16.4. The summed E-state index contributed by atoms with van der Waals surface area (Å²) in [7, 11) is 0. The Labute approximate surface area is 242 Å². The molecule has 3 saturated carbocycles. The number of morpholine rings is 2. The van der Waals surface area contributed by atoms with Crippen LogP contribution in [0.5, 0.6) is 0 Å². The number of ether oxygens (including phenoxy) is 2. The van der Waals surface area contributed by atoms with Gasteiger partial charge in [0.15, 0.2) is 5.78 Å². The molecule has 7 aliphatic rings. The minimum Gasteiger partial charge on any atom is -0.379 e. The zero-order valence-corrected chi connectivity index (χ0v) is 24.0. The molecule has 0 spiro atoms. The van der Waals surface area contributed by atoms with Gasteiger partial charge in [0.05, 0.1) is 55.0 Å². The summed E-state index contributed by atoms with van der Waals surface area (Å²) in [5.41, 5.74) is 13.0. The van der Waals surface area contributed by atoms with E-state index in [9.17, 15) is 9.59 Å².